The molecule has 3 aromatic rings. The number of hydrogen-bond acceptors (Lipinski definition) is 3. The molecule has 1 N–H and O–H groups in total. The predicted octanol–water partition coefficient (Wildman–Crippen LogP) is 2.73. The Kier molecular flexibility index (Phi) is 4.09. The van der Waals surface area contributed by atoms with E-state index in [2.05, 4.69) is 20.3 Å². The van der Waals surface area contributed by atoms with Crippen molar-refractivity contribution in [1.82, 2.24) is 9.55 Å². The van der Waals surface area contributed by atoms with Gasteiger partial charge < -0.3 is 4.57 Å². The molecule has 0 saturated carbocycles. The lowest BCUT2D eigenvalue weighted by molar-refractivity contribution is 0.607. The summed E-state index contributed by atoms with van der Waals surface area (Å²) in [5, 5.41) is 0. The van der Waals surface area contributed by atoms with Crippen LogP contribution in [0.2, 0.25) is 0 Å². The molecule has 1 aromatic heterocycles. The summed E-state index contributed by atoms with van der Waals surface area (Å²) in [5.74, 6) is 1.02. The highest BCUT2D eigenvalue weighted by atomic mass is 32.2. The van der Waals surface area contributed by atoms with Crippen LogP contribution in [0.3, 0.4) is 0 Å². The van der Waals surface area contributed by atoms with Crippen molar-refractivity contribution in [2.75, 3.05) is 11.0 Å². The van der Waals surface area contributed by atoms with Gasteiger partial charge in [-0.15, -0.1) is 0 Å². The van der Waals surface area contributed by atoms with Gasteiger partial charge in [-0.3, -0.25) is 4.72 Å². The van der Waals surface area contributed by atoms with Gasteiger partial charge in [0, 0.05) is 19.2 Å². The van der Waals surface area contributed by atoms with Crippen LogP contribution in [0.15, 0.2) is 48.5 Å². The van der Waals surface area contributed by atoms with Crippen LogP contribution in [0.25, 0.3) is 11.0 Å². The molecule has 0 amide bonds. The minimum atomic E-state index is -3.25. The Morgan fingerprint density at radius 2 is 1.87 bits per heavy atom. The number of sulfonamides is 1. The zero-order valence-corrected chi connectivity index (χ0v) is 14.0. The first-order valence-corrected chi connectivity index (χ1v) is 9.28. The van der Waals surface area contributed by atoms with Gasteiger partial charge in [0.05, 0.1) is 17.3 Å². The molecule has 2 aromatic carbocycles. The first kappa shape index (κ1) is 15.6. The van der Waals surface area contributed by atoms with Crippen LogP contribution < -0.4 is 4.72 Å². The molecule has 0 atom stereocenters. The summed E-state index contributed by atoms with van der Waals surface area (Å²) < 4.78 is 27.2. The van der Waals surface area contributed by atoms with E-state index in [-0.39, 0.29) is 0 Å². The smallest absolute Gasteiger partial charge is 0.229 e. The number of rotatable bonds is 5. The van der Waals surface area contributed by atoms with Crippen molar-refractivity contribution in [1.29, 1.82) is 0 Å². The van der Waals surface area contributed by atoms with Gasteiger partial charge in [-0.2, -0.15) is 0 Å². The van der Waals surface area contributed by atoms with E-state index in [0.29, 0.717) is 5.69 Å². The highest BCUT2D eigenvalue weighted by molar-refractivity contribution is 7.92. The lowest BCUT2D eigenvalue weighted by Crippen LogP contribution is -2.09. The molecule has 0 spiro atoms. The molecular formula is C17H19N3O2S. The van der Waals surface area contributed by atoms with Crippen LogP contribution in [-0.2, 0) is 29.9 Å². The van der Waals surface area contributed by atoms with Gasteiger partial charge in [-0.1, -0.05) is 24.3 Å². The molecule has 0 radical (unpaired) electrons. The minimum absolute atomic E-state index is 0.593. The SMILES string of the molecule is Cn1c(CCc2cccc(NS(C)(=O)=O)c2)nc2ccccc21. The highest BCUT2D eigenvalue weighted by Crippen LogP contribution is 2.17. The minimum Gasteiger partial charge on any atom is -0.331 e. The molecule has 0 unspecified atom stereocenters. The predicted molar refractivity (Wildman–Crippen MR) is 93.0 cm³/mol. The van der Waals surface area contributed by atoms with Crippen LogP contribution in [-0.4, -0.2) is 24.2 Å². The van der Waals surface area contributed by atoms with Crippen molar-refractivity contribution in [3.05, 3.63) is 59.9 Å². The fourth-order valence-corrected chi connectivity index (χ4v) is 3.23. The van der Waals surface area contributed by atoms with Gasteiger partial charge in [-0.25, -0.2) is 13.4 Å². The Hall–Kier alpha value is -2.34. The number of fused-ring (bicyclic) bond motifs is 1. The Bertz CT molecular complexity index is 945. The number of para-hydroxylation sites is 2. The average molecular weight is 329 g/mol. The second-order valence-corrected chi connectivity index (χ2v) is 7.40. The Morgan fingerprint density at radius 1 is 1.09 bits per heavy atom. The molecule has 120 valence electrons. The molecule has 3 rings (SSSR count). The number of aromatic nitrogens is 2. The Labute approximate surface area is 136 Å². The number of imidazole rings is 1. The van der Waals surface area contributed by atoms with Gasteiger partial charge in [0.2, 0.25) is 10.0 Å². The van der Waals surface area contributed by atoms with Crippen LogP contribution in [0, 0.1) is 0 Å². The topological polar surface area (TPSA) is 64.0 Å². The van der Waals surface area contributed by atoms with E-state index in [1.807, 2.05) is 43.4 Å². The van der Waals surface area contributed by atoms with Gasteiger partial charge in [0.1, 0.15) is 5.82 Å². The van der Waals surface area contributed by atoms with Crippen molar-refractivity contribution >= 4 is 26.7 Å². The first-order chi connectivity index (χ1) is 10.9. The van der Waals surface area contributed by atoms with Gasteiger partial charge >= 0.3 is 0 Å². The number of nitrogens with one attached hydrogen (secondary N) is 1. The van der Waals surface area contributed by atoms with E-state index in [0.717, 1.165) is 41.5 Å². The number of nitrogens with zero attached hydrogens (tertiary/aromatic N) is 2. The third-order valence-electron chi connectivity index (χ3n) is 3.75. The third kappa shape index (κ3) is 3.71. The van der Waals surface area contributed by atoms with Gasteiger partial charge in [-0.05, 0) is 36.2 Å². The van der Waals surface area contributed by atoms with E-state index in [4.69, 9.17) is 0 Å². The fraction of sp³-hybridized carbons (Fsp3) is 0.235. The first-order valence-electron chi connectivity index (χ1n) is 7.39. The van der Waals surface area contributed by atoms with E-state index in [1.54, 1.807) is 6.07 Å². The maximum Gasteiger partial charge on any atom is 0.229 e. The third-order valence-corrected chi connectivity index (χ3v) is 4.35. The summed E-state index contributed by atoms with van der Waals surface area (Å²) in [6, 6.07) is 15.5. The lowest BCUT2D eigenvalue weighted by Gasteiger charge is -2.07. The summed E-state index contributed by atoms with van der Waals surface area (Å²) >= 11 is 0. The zero-order valence-electron chi connectivity index (χ0n) is 13.2. The molecule has 5 nitrogen and oxygen atoms in total. The summed E-state index contributed by atoms with van der Waals surface area (Å²) in [6.45, 7) is 0. The molecular weight excluding hydrogens is 310 g/mol. The van der Waals surface area contributed by atoms with Crippen LogP contribution in [0.4, 0.5) is 5.69 Å². The molecule has 0 aliphatic carbocycles. The molecule has 23 heavy (non-hydrogen) atoms. The molecule has 0 aliphatic heterocycles. The van der Waals surface area contributed by atoms with Crippen molar-refractivity contribution in [3.8, 4) is 0 Å². The molecule has 1 heterocycles. The molecule has 0 aliphatic rings. The summed E-state index contributed by atoms with van der Waals surface area (Å²) in [4.78, 5) is 4.66. The van der Waals surface area contributed by atoms with Gasteiger partial charge in [0.15, 0.2) is 0 Å². The van der Waals surface area contributed by atoms with Crippen molar-refractivity contribution in [2.45, 2.75) is 12.8 Å². The van der Waals surface area contributed by atoms with Crippen LogP contribution in [0.1, 0.15) is 11.4 Å². The summed E-state index contributed by atoms with van der Waals surface area (Å²) in [7, 11) is -1.23. The van der Waals surface area contributed by atoms with Crippen molar-refractivity contribution < 1.29 is 8.42 Å². The summed E-state index contributed by atoms with van der Waals surface area (Å²) in [5.41, 5.74) is 3.79. The van der Waals surface area contributed by atoms with Crippen molar-refractivity contribution in [3.63, 3.8) is 0 Å². The quantitative estimate of drug-likeness (QED) is 0.783. The van der Waals surface area contributed by atoms with E-state index in [9.17, 15) is 8.42 Å². The number of aryl methyl sites for hydroxylation is 3. The standard InChI is InChI=1S/C17H19N3O2S/c1-20-16-9-4-3-8-15(16)18-17(20)11-10-13-6-5-7-14(12-13)19-23(2,21)22/h3-9,12,19H,10-11H2,1-2H3. The maximum atomic E-state index is 11.3. The highest BCUT2D eigenvalue weighted by Gasteiger charge is 2.08. The largest absolute Gasteiger partial charge is 0.331 e. The van der Waals surface area contributed by atoms with E-state index >= 15 is 0 Å². The average Bonchev–Trinajstić information content (AvgIpc) is 2.81. The monoisotopic (exact) mass is 329 g/mol. The molecule has 0 bridgehead atoms. The maximum absolute atomic E-state index is 11.3. The van der Waals surface area contributed by atoms with Gasteiger partial charge in [0.25, 0.3) is 0 Å². The fourth-order valence-electron chi connectivity index (χ4n) is 2.68. The zero-order chi connectivity index (χ0) is 16.4. The molecule has 0 saturated heterocycles. The number of benzene rings is 2. The Morgan fingerprint density at radius 3 is 2.61 bits per heavy atom. The van der Waals surface area contributed by atoms with Crippen LogP contribution >= 0.6 is 0 Å². The molecule has 6 heteroatoms. The number of anilines is 1. The second-order valence-electron chi connectivity index (χ2n) is 5.65. The van der Waals surface area contributed by atoms with E-state index < -0.39 is 10.0 Å². The second kappa shape index (κ2) is 6.04. The van der Waals surface area contributed by atoms with E-state index in [1.165, 1.54) is 0 Å². The Balaban J connectivity index is 1.77. The molecule has 0 fully saturated rings. The van der Waals surface area contributed by atoms with Crippen molar-refractivity contribution in [2.24, 2.45) is 7.05 Å². The van der Waals surface area contributed by atoms with Crippen LogP contribution in [0.5, 0.6) is 0 Å². The number of hydrogen-bond donors (Lipinski definition) is 1. The summed E-state index contributed by atoms with van der Waals surface area (Å²) in [6.07, 6.45) is 2.75. The normalized spacial score (nSPS) is 11.7. The lowest BCUT2D eigenvalue weighted by atomic mass is 10.1.